The molecule has 0 saturated heterocycles. The minimum atomic E-state index is -0.115. The highest BCUT2D eigenvalue weighted by molar-refractivity contribution is 6.30. The predicted octanol–water partition coefficient (Wildman–Crippen LogP) is 3.71. The summed E-state index contributed by atoms with van der Waals surface area (Å²) in [5.41, 5.74) is 2.56. The Kier molecular flexibility index (Phi) is 5.06. The highest BCUT2D eigenvalue weighted by Crippen LogP contribution is 2.19. The normalized spacial score (nSPS) is 10.0. The first-order valence-corrected chi connectivity index (χ1v) is 6.90. The van der Waals surface area contributed by atoms with Gasteiger partial charge in [-0.15, -0.1) is 0 Å². The summed E-state index contributed by atoms with van der Waals surface area (Å²) in [6.45, 7) is 2.09. The summed E-state index contributed by atoms with van der Waals surface area (Å²) in [6, 6.07) is 12.8. The molecule has 2 aromatic carbocycles. The number of amides is 1. The van der Waals surface area contributed by atoms with Gasteiger partial charge in [-0.05, 0) is 55.0 Å². The van der Waals surface area contributed by atoms with Crippen molar-refractivity contribution in [2.45, 2.75) is 6.92 Å². The van der Waals surface area contributed by atoms with E-state index in [-0.39, 0.29) is 12.5 Å². The number of hydrogen-bond donors (Lipinski definition) is 2. The van der Waals surface area contributed by atoms with Crippen LogP contribution in [0.25, 0.3) is 0 Å². The fourth-order valence-corrected chi connectivity index (χ4v) is 2.08. The second-order valence-corrected chi connectivity index (χ2v) is 5.03. The molecule has 0 saturated carbocycles. The van der Waals surface area contributed by atoms with Crippen LogP contribution in [0.3, 0.4) is 0 Å². The van der Waals surface area contributed by atoms with E-state index in [4.69, 9.17) is 16.3 Å². The molecular formula is C16H17ClN2O2. The van der Waals surface area contributed by atoms with Crippen molar-refractivity contribution in [1.82, 2.24) is 0 Å². The third-order valence-corrected chi connectivity index (χ3v) is 3.24. The van der Waals surface area contributed by atoms with Crippen molar-refractivity contribution in [2.24, 2.45) is 0 Å². The van der Waals surface area contributed by atoms with E-state index in [1.165, 1.54) is 0 Å². The van der Waals surface area contributed by atoms with E-state index < -0.39 is 0 Å². The molecule has 0 unspecified atom stereocenters. The van der Waals surface area contributed by atoms with Crippen molar-refractivity contribution >= 4 is 28.9 Å². The number of nitrogens with one attached hydrogen (secondary N) is 2. The molecule has 0 fully saturated rings. The van der Waals surface area contributed by atoms with Gasteiger partial charge < -0.3 is 15.4 Å². The van der Waals surface area contributed by atoms with E-state index in [2.05, 4.69) is 10.6 Å². The van der Waals surface area contributed by atoms with E-state index >= 15 is 0 Å². The molecule has 0 aliphatic heterocycles. The van der Waals surface area contributed by atoms with Gasteiger partial charge in [0, 0.05) is 16.4 Å². The molecule has 21 heavy (non-hydrogen) atoms. The largest absolute Gasteiger partial charge is 0.497 e. The molecule has 0 bridgehead atoms. The summed E-state index contributed by atoms with van der Waals surface area (Å²) in [6.07, 6.45) is 0. The minimum absolute atomic E-state index is 0.115. The molecule has 2 N–H and O–H groups in total. The highest BCUT2D eigenvalue weighted by atomic mass is 35.5. The van der Waals surface area contributed by atoms with Gasteiger partial charge in [-0.2, -0.15) is 0 Å². The van der Waals surface area contributed by atoms with Crippen LogP contribution in [0.4, 0.5) is 11.4 Å². The smallest absolute Gasteiger partial charge is 0.243 e. The van der Waals surface area contributed by atoms with Crippen LogP contribution < -0.4 is 15.4 Å². The zero-order valence-corrected chi connectivity index (χ0v) is 12.7. The van der Waals surface area contributed by atoms with E-state index in [1.54, 1.807) is 19.2 Å². The van der Waals surface area contributed by atoms with Crippen LogP contribution >= 0.6 is 11.6 Å². The molecule has 1 amide bonds. The molecule has 5 heteroatoms. The molecule has 0 aromatic heterocycles. The van der Waals surface area contributed by atoms with Crippen LogP contribution in [0, 0.1) is 6.92 Å². The predicted molar refractivity (Wildman–Crippen MR) is 86.3 cm³/mol. The molecule has 0 aliphatic carbocycles. The average molecular weight is 305 g/mol. The van der Waals surface area contributed by atoms with Gasteiger partial charge in [-0.25, -0.2) is 0 Å². The molecular weight excluding hydrogens is 288 g/mol. The fourth-order valence-electron chi connectivity index (χ4n) is 1.85. The summed E-state index contributed by atoms with van der Waals surface area (Å²) < 4.78 is 5.08. The molecule has 0 spiro atoms. The van der Waals surface area contributed by atoms with Gasteiger partial charge in [-0.3, -0.25) is 4.79 Å². The van der Waals surface area contributed by atoms with Crippen molar-refractivity contribution in [1.29, 1.82) is 0 Å². The van der Waals surface area contributed by atoms with Gasteiger partial charge in [0.05, 0.1) is 13.7 Å². The van der Waals surface area contributed by atoms with Crippen molar-refractivity contribution in [2.75, 3.05) is 24.3 Å². The number of methoxy groups -OCH3 is 1. The van der Waals surface area contributed by atoms with Crippen LogP contribution in [-0.4, -0.2) is 19.6 Å². The number of aryl methyl sites for hydroxylation is 1. The third kappa shape index (κ3) is 4.39. The van der Waals surface area contributed by atoms with Crippen LogP contribution in [0.5, 0.6) is 5.75 Å². The molecule has 0 heterocycles. The number of rotatable bonds is 5. The van der Waals surface area contributed by atoms with Crippen LogP contribution in [0.1, 0.15) is 5.56 Å². The lowest BCUT2D eigenvalue weighted by Crippen LogP contribution is -2.22. The average Bonchev–Trinajstić information content (AvgIpc) is 2.48. The molecule has 0 atom stereocenters. The number of halogens is 1. The Labute approximate surface area is 129 Å². The maximum Gasteiger partial charge on any atom is 0.243 e. The molecule has 0 aliphatic rings. The second kappa shape index (κ2) is 6.99. The zero-order chi connectivity index (χ0) is 15.2. The van der Waals surface area contributed by atoms with Crippen LogP contribution in [-0.2, 0) is 4.79 Å². The van der Waals surface area contributed by atoms with Crippen LogP contribution in [0.2, 0.25) is 5.02 Å². The lowest BCUT2D eigenvalue weighted by molar-refractivity contribution is -0.114. The first-order valence-electron chi connectivity index (χ1n) is 6.52. The van der Waals surface area contributed by atoms with E-state index in [9.17, 15) is 4.79 Å². The Morgan fingerprint density at radius 3 is 2.52 bits per heavy atom. The summed E-state index contributed by atoms with van der Waals surface area (Å²) >= 11 is 5.88. The Morgan fingerprint density at radius 1 is 1.19 bits per heavy atom. The zero-order valence-electron chi connectivity index (χ0n) is 11.9. The van der Waals surface area contributed by atoms with Gasteiger partial charge >= 0.3 is 0 Å². The van der Waals surface area contributed by atoms with E-state index in [0.29, 0.717) is 5.02 Å². The number of ether oxygens (including phenoxy) is 1. The Balaban J connectivity index is 1.89. The Morgan fingerprint density at radius 2 is 1.90 bits per heavy atom. The van der Waals surface area contributed by atoms with Gasteiger partial charge in [0.15, 0.2) is 0 Å². The lowest BCUT2D eigenvalue weighted by atomic mass is 10.2. The number of hydrogen-bond acceptors (Lipinski definition) is 3. The first-order chi connectivity index (χ1) is 10.1. The van der Waals surface area contributed by atoms with Crippen molar-refractivity contribution in [3.63, 3.8) is 0 Å². The monoisotopic (exact) mass is 304 g/mol. The van der Waals surface area contributed by atoms with Crippen molar-refractivity contribution < 1.29 is 9.53 Å². The fraction of sp³-hybridized carbons (Fsp3) is 0.188. The summed E-state index contributed by atoms with van der Waals surface area (Å²) in [5.74, 6) is 0.665. The molecule has 4 nitrogen and oxygen atoms in total. The summed E-state index contributed by atoms with van der Waals surface area (Å²) in [4.78, 5) is 11.9. The quantitative estimate of drug-likeness (QED) is 0.885. The number of carbonyl (C=O) groups excluding carboxylic acids is 1. The van der Waals surface area contributed by atoms with Crippen molar-refractivity contribution in [3.05, 3.63) is 53.1 Å². The summed E-state index contributed by atoms with van der Waals surface area (Å²) in [5, 5.41) is 6.55. The number of carbonyl (C=O) groups is 1. The minimum Gasteiger partial charge on any atom is -0.497 e. The van der Waals surface area contributed by atoms with Gasteiger partial charge in [-0.1, -0.05) is 11.6 Å². The lowest BCUT2D eigenvalue weighted by Gasteiger charge is -2.10. The van der Waals surface area contributed by atoms with Gasteiger partial charge in [0.2, 0.25) is 5.91 Å². The van der Waals surface area contributed by atoms with Gasteiger partial charge in [0.1, 0.15) is 5.75 Å². The summed E-state index contributed by atoms with van der Waals surface area (Å²) in [7, 11) is 1.62. The Bertz CT molecular complexity index is 627. The highest BCUT2D eigenvalue weighted by Gasteiger charge is 2.05. The SMILES string of the molecule is COc1ccc(NCC(=O)Nc2ccc(Cl)cc2C)cc1. The standard InChI is InChI=1S/C16H17ClN2O2/c1-11-9-12(17)3-8-15(11)19-16(20)10-18-13-4-6-14(21-2)7-5-13/h3-9,18H,10H2,1-2H3,(H,19,20). The maximum atomic E-state index is 11.9. The van der Waals surface area contributed by atoms with E-state index in [1.807, 2.05) is 37.3 Å². The first kappa shape index (κ1) is 15.2. The maximum absolute atomic E-state index is 11.9. The molecule has 0 radical (unpaired) electrons. The molecule has 2 aromatic rings. The van der Waals surface area contributed by atoms with Crippen molar-refractivity contribution in [3.8, 4) is 5.75 Å². The molecule has 110 valence electrons. The Hall–Kier alpha value is -2.20. The molecule has 2 rings (SSSR count). The second-order valence-electron chi connectivity index (χ2n) is 4.59. The van der Waals surface area contributed by atoms with E-state index in [0.717, 1.165) is 22.7 Å². The number of anilines is 2. The third-order valence-electron chi connectivity index (χ3n) is 3.01. The van der Waals surface area contributed by atoms with Crippen LogP contribution in [0.15, 0.2) is 42.5 Å². The van der Waals surface area contributed by atoms with Gasteiger partial charge in [0.25, 0.3) is 0 Å². The topological polar surface area (TPSA) is 50.4 Å². The number of benzene rings is 2.